The Labute approximate surface area is 105 Å². The third-order valence-corrected chi connectivity index (χ3v) is 3.51. The van der Waals surface area contributed by atoms with Gasteiger partial charge < -0.3 is 10.1 Å². The van der Waals surface area contributed by atoms with Crippen molar-refractivity contribution in [1.82, 2.24) is 10.3 Å². The normalized spacial score (nSPS) is 25.4. The van der Waals surface area contributed by atoms with Crippen LogP contribution in [0.25, 0.3) is 0 Å². The van der Waals surface area contributed by atoms with Crippen LogP contribution in [-0.2, 0) is 0 Å². The smallest absolute Gasteiger partial charge is 0.213 e. The maximum absolute atomic E-state index is 5.92. The zero-order valence-electron chi connectivity index (χ0n) is 9.45. The van der Waals surface area contributed by atoms with Crippen LogP contribution in [0.5, 0.6) is 5.88 Å². The van der Waals surface area contributed by atoms with Gasteiger partial charge in [0.25, 0.3) is 0 Å². The van der Waals surface area contributed by atoms with E-state index in [1.807, 2.05) is 19.2 Å². The second-order valence-corrected chi connectivity index (χ2v) is 5.07. The molecule has 2 atom stereocenters. The van der Waals surface area contributed by atoms with Gasteiger partial charge in [-0.15, -0.1) is 0 Å². The Morgan fingerprint density at radius 2 is 2.19 bits per heavy atom. The summed E-state index contributed by atoms with van der Waals surface area (Å²) < 4.78 is 6.90. The van der Waals surface area contributed by atoms with Crippen LogP contribution in [0.15, 0.2) is 22.8 Å². The number of ether oxygens (including phenoxy) is 1. The van der Waals surface area contributed by atoms with Crippen LogP contribution < -0.4 is 10.1 Å². The molecule has 1 saturated carbocycles. The first kappa shape index (κ1) is 11.9. The third-order valence-electron chi connectivity index (χ3n) is 3.05. The predicted octanol–water partition coefficient (Wildman–Crippen LogP) is 2.75. The lowest BCUT2D eigenvalue weighted by molar-refractivity contribution is 0.113. The summed E-state index contributed by atoms with van der Waals surface area (Å²) in [5.41, 5.74) is 0. The summed E-state index contributed by atoms with van der Waals surface area (Å²) >= 11 is 3.37. The van der Waals surface area contributed by atoms with E-state index in [4.69, 9.17) is 4.74 Å². The fourth-order valence-corrected chi connectivity index (χ4v) is 2.39. The summed E-state index contributed by atoms with van der Waals surface area (Å²) in [6.07, 6.45) is 6.87. The average Bonchev–Trinajstić information content (AvgIpc) is 2.33. The molecule has 0 aromatic carbocycles. The van der Waals surface area contributed by atoms with E-state index in [2.05, 4.69) is 26.2 Å². The van der Waals surface area contributed by atoms with Crippen molar-refractivity contribution in [3.05, 3.63) is 22.8 Å². The number of nitrogens with zero attached hydrogens (tertiary/aromatic N) is 1. The number of rotatable bonds is 3. The highest BCUT2D eigenvalue weighted by atomic mass is 79.9. The van der Waals surface area contributed by atoms with Crippen LogP contribution in [0.4, 0.5) is 0 Å². The number of halogens is 1. The highest BCUT2D eigenvalue weighted by Crippen LogP contribution is 2.23. The molecule has 0 aliphatic heterocycles. The average molecular weight is 285 g/mol. The van der Waals surface area contributed by atoms with Gasteiger partial charge in [0.05, 0.1) is 0 Å². The van der Waals surface area contributed by atoms with Crippen LogP contribution in [-0.4, -0.2) is 24.2 Å². The van der Waals surface area contributed by atoms with Crippen molar-refractivity contribution in [1.29, 1.82) is 0 Å². The van der Waals surface area contributed by atoms with E-state index in [1.165, 1.54) is 19.3 Å². The molecular weight excluding hydrogens is 268 g/mol. The highest BCUT2D eigenvalue weighted by molar-refractivity contribution is 9.10. The minimum absolute atomic E-state index is 0.257. The van der Waals surface area contributed by atoms with Gasteiger partial charge in [-0.2, -0.15) is 0 Å². The number of aromatic nitrogens is 1. The van der Waals surface area contributed by atoms with E-state index < -0.39 is 0 Å². The quantitative estimate of drug-likeness (QED) is 0.927. The van der Waals surface area contributed by atoms with Gasteiger partial charge in [0.1, 0.15) is 6.10 Å². The van der Waals surface area contributed by atoms with Crippen LogP contribution in [0.2, 0.25) is 0 Å². The molecule has 1 fully saturated rings. The Kier molecular flexibility index (Phi) is 4.18. The number of pyridine rings is 1. The van der Waals surface area contributed by atoms with Gasteiger partial charge in [-0.1, -0.05) is 6.42 Å². The molecule has 3 nitrogen and oxygen atoms in total. The molecule has 0 bridgehead atoms. The zero-order valence-corrected chi connectivity index (χ0v) is 11.0. The van der Waals surface area contributed by atoms with E-state index in [0.29, 0.717) is 6.04 Å². The van der Waals surface area contributed by atoms with E-state index in [9.17, 15) is 0 Å². The van der Waals surface area contributed by atoms with E-state index in [-0.39, 0.29) is 6.10 Å². The predicted molar refractivity (Wildman–Crippen MR) is 67.7 cm³/mol. The Morgan fingerprint density at radius 1 is 1.38 bits per heavy atom. The lowest BCUT2D eigenvalue weighted by atomic mass is 9.92. The van der Waals surface area contributed by atoms with Crippen molar-refractivity contribution in [2.45, 2.75) is 37.8 Å². The van der Waals surface area contributed by atoms with E-state index in [1.54, 1.807) is 6.20 Å². The minimum atomic E-state index is 0.257. The molecule has 1 N–H and O–H groups in total. The molecule has 2 unspecified atom stereocenters. The van der Waals surface area contributed by atoms with Crippen molar-refractivity contribution in [2.24, 2.45) is 0 Å². The molecule has 1 aromatic heterocycles. The Bertz CT molecular complexity index is 328. The molecular formula is C12H17BrN2O. The summed E-state index contributed by atoms with van der Waals surface area (Å²) in [6.45, 7) is 0. The van der Waals surface area contributed by atoms with Crippen LogP contribution in [0.3, 0.4) is 0 Å². The minimum Gasteiger partial charge on any atom is -0.473 e. The molecule has 1 heterocycles. The van der Waals surface area contributed by atoms with Crippen molar-refractivity contribution in [3.8, 4) is 5.88 Å². The molecule has 16 heavy (non-hydrogen) atoms. The molecule has 4 heteroatoms. The summed E-state index contributed by atoms with van der Waals surface area (Å²) in [4.78, 5) is 4.24. The lowest BCUT2D eigenvalue weighted by Crippen LogP contribution is -2.43. The first-order valence-corrected chi connectivity index (χ1v) is 6.54. The Morgan fingerprint density at radius 3 is 2.88 bits per heavy atom. The molecule has 0 amide bonds. The summed E-state index contributed by atoms with van der Waals surface area (Å²) in [5, 5.41) is 3.32. The highest BCUT2D eigenvalue weighted by Gasteiger charge is 2.25. The van der Waals surface area contributed by atoms with Gasteiger partial charge >= 0.3 is 0 Å². The van der Waals surface area contributed by atoms with Crippen LogP contribution in [0, 0.1) is 0 Å². The fraction of sp³-hybridized carbons (Fsp3) is 0.583. The summed E-state index contributed by atoms with van der Waals surface area (Å²) in [7, 11) is 2.00. The van der Waals surface area contributed by atoms with Crippen molar-refractivity contribution >= 4 is 15.9 Å². The molecule has 1 aliphatic carbocycles. The number of hydrogen-bond donors (Lipinski definition) is 1. The molecule has 0 spiro atoms. The standard InChI is InChI=1S/C12H17BrN2O/c1-14-10-4-2-3-5-11(10)16-12-7-6-9(13)8-15-12/h6-8,10-11,14H,2-5H2,1H3. The van der Waals surface area contributed by atoms with Crippen molar-refractivity contribution < 1.29 is 4.74 Å². The molecule has 1 aromatic rings. The fourth-order valence-electron chi connectivity index (χ4n) is 2.16. The third kappa shape index (κ3) is 2.95. The van der Waals surface area contributed by atoms with Crippen LogP contribution >= 0.6 is 15.9 Å². The lowest BCUT2D eigenvalue weighted by Gasteiger charge is -2.31. The topological polar surface area (TPSA) is 34.1 Å². The Balaban J connectivity index is 1.99. The van der Waals surface area contributed by atoms with E-state index in [0.717, 1.165) is 16.8 Å². The second-order valence-electron chi connectivity index (χ2n) is 4.15. The molecule has 2 rings (SSSR count). The number of nitrogens with one attached hydrogen (secondary N) is 1. The van der Waals surface area contributed by atoms with Gasteiger partial charge in [-0.3, -0.25) is 0 Å². The van der Waals surface area contributed by atoms with Gasteiger partial charge in [-0.05, 0) is 48.3 Å². The maximum atomic E-state index is 5.92. The van der Waals surface area contributed by atoms with E-state index >= 15 is 0 Å². The van der Waals surface area contributed by atoms with Gasteiger partial charge in [0, 0.05) is 22.8 Å². The Hall–Kier alpha value is -0.610. The monoisotopic (exact) mass is 284 g/mol. The largest absolute Gasteiger partial charge is 0.473 e. The zero-order chi connectivity index (χ0) is 11.4. The molecule has 0 saturated heterocycles. The van der Waals surface area contributed by atoms with Crippen LogP contribution in [0.1, 0.15) is 25.7 Å². The van der Waals surface area contributed by atoms with Gasteiger partial charge in [-0.25, -0.2) is 4.98 Å². The van der Waals surface area contributed by atoms with Gasteiger partial charge in [0.2, 0.25) is 5.88 Å². The maximum Gasteiger partial charge on any atom is 0.213 e. The molecule has 88 valence electrons. The van der Waals surface area contributed by atoms with Crippen molar-refractivity contribution in [2.75, 3.05) is 7.05 Å². The summed E-state index contributed by atoms with van der Waals surface area (Å²) in [6, 6.07) is 4.32. The van der Waals surface area contributed by atoms with Crippen molar-refractivity contribution in [3.63, 3.8) is 0 Å². The molecule has 1 aliphatic rings. The molecule has 0 radical (unpaired) electrons. The number of hydrogen-bond acceptors (Lipinski definition) is 3. The second kappa shape index (κ2) is 5.64. The van der Waals surface area contributed by atoms with Gasteiger partial charge in [0.15, 0.2) is 0 Å². The first-order valence-electron chi connectivity index (χ1n) is 5.75. The SMILES string of the molecule is CNC1CCCCC1Oc1ccc(Br)cn1. The first-order chi connectivity index (χ1) is 7.79. The summed E-state index contributed by atoms with van der Waals surface area (Å²) in [5.74, 6) is 0.718. The number of likely N-dealkylation sites (N-methyl/N-ethyl adjacent to an activating group) is 1.